The van der Waals surface area contributed by atoms with Gasteiger partial charge in [-0.3, -0.25) is 0 Å². The van der Waals surface area contributed by atoms with Gasteiger partial charge < -0.3 is 0 Å². The number of hydrogen-bond acceptors (Lipinski definition) is 1. The molecule has 1 heterocycles. The zero-order valence-electron chi connectivity index (χ0n) is 8.29. The highest BCUT2D eigenvalue weighted by Gasteiger charge is 2.14. The van der Waals surface area contributed by atoms with Crippen molar-refractivity contribution in [3.8, 4) is 0 Å². The molecule has 0 aliphatic rings. The summed E-state index contributed by atoms with van der Waals surface area (Å²) in [7, 11) is 0. The maximum Gasteiger partial charge on any atom is 0.142 e. The zero-order chi connectivity index (χ0) is 11.5. The monoisotopic (exact) mass is 318 g/mol. The lowest BCUT2D eigenvalue weighted by atomic mass is 10.1. The van der Waals surface area contributed by atoms with Crippen molar-refractivity contribution in [2.75, 3.05) is 0 Å². The standard InChI is InChI=1S/C12H9BrClFS/c13-10(6-8-4-5-16-7-8)9-2-1-3-11(15)12(9)14/h1-5,7,10H,6H2. The van der Waals surface area contributed by atoms with Gasteiger partial charge in [0, 0.05) is 4.83 Å². The molecule has 0 aliphatic carbocycles. The molecule has 0 saturated carbocycles. The first-order valence-corrected chi connectivity index (χ1v) is 7.01. The molecule has 16 heavy (non-hydrogen) atoms. The molecule has 1 aromatic heterocycles. The third kappa shape index (κ3) is 2.65. The maximum absolute atomic E-state index is 13.3. The average Bonchev–Trinajstić information content (AvgIpc) is 2.74. The fourth-order valence-corrected chi connectivity index (χ4v) is 3.31. The fraction of sp³-hybridized carbons (Fsp3) is 0.167. The molecule has 1 aromatic carbocycles. The minimum absolute atomic E-state index is 0.0466. The van der Waals surface area contributed by atoms with Gasteiger partial charge in [-0.15, -0.1) is 0 Å². The molecule has 0 nitrogen and oxygen atoms in total. The van der Waals surface area contributed by atoms with Crippen molar-refractivity contribution in [1.29, 1.82) is 0 Å². The summed E-state index contributed by atoms with van der Waals surface area (Å²) in [4.78, 5) is 0.0466. The van der Waals surface area contributed by atoms with Crippen LogP contribution in [0.15, 0.2) is 35.0 Å². The molecule has 0 radical (unpaired) electrons. The van der Waals surface area contributed by atoms with E-state index in [9.17, 15) is 4.39 Å². The van der Waals surface area contributed by atoms with Crippen LogP contribution in [0.25, 0.3) is 0 Å². The van der Waals surface area contributed by atoms with Crippen LogP contribution in [0.3, 0.4) is 0 Å². The summed E-state index contributed by atoms with van der Waals surface area (Å²) in [6.07, 6.45) is 0.812. The van der Waals surface area contributed by atoms with Gasteiger partial charge >= 0.3 is 0 Å². The number of halogens is 3. The number of thiophene rings is 1. The zero-order valence-corrected chi connectivity index (χ0v) is 11.4. The lowest BCUT2D eigenvalue weighted by Crippen LogP contribution is -1.96. The molecule has 1 atom stereocenters. The van der Waals surface area contributed by atoms with Crippen molar-refractivity contribution >= 4 is 38.9 Å². The summed E-state index contributed by atoms with van der Waals surface area (Å²) in [5.74, 6) is -0.367. The van der Waals surface area contributed by atoms with Crippen molar-refractivity contribution in [1.82, 2.24) is 0 Å². The third-order valence-electron chi connectivity index (χ3n) is 2.31. The van der Waals surface area contributed by atoms with Crippen LogP contribution >= 0.6 is 38.9 Å². The Balaban J connectivity index is 2.21. The Morgan fingerprint density at radius 1 is 1.38 bits per heavy atom. The normalized spacial score (nSPS) is 12.7. The predicted molar refractivity (Wildman–Crippen MR) is 71.1 cm³/mol. The largest absolute Gasteiger partial charge is 0.205 e. The number of alkyl halides is 1. The van der Waals surface area contributed by atoms with E-state index in [0.29, 0.717) is 0 Å². The highest BCUT2D eigenvalue weighted by molar-refractivity contribution is 9.09. The van der Waals surface area contributed by atoms with Crippen LogP contribution in [-0.4, -0.2) is 0 Å². The minimum atomic E-state index is -0.367. The molecule has 0 fully saturated rings. The summed E-state index contributed by atoms with van der Waals surface area (Å²) in [5.41, 5.74) is 2.03. The van der Waals surface area contributed by atoms with Crippen LogP contribution in [0.4, 0.5) is 4.39 Å². The maximum atomic E-state index is 13.3. The Morgan fingerprint density at radius 3 is 2.88 bits per heavy atom. The van der Waals surface area contributed by atoms with E-state index < -0.39 is 0 Å². The van der Waals surface area contributed by atoms with Crippen LogP contribution in [-0.2, 0) is 6.42 Å². The first-order valence-electron chi connectivity index (χ1n) is 4.77. The summed E-state index contributed by atoms with van der Waals surface area (Å²) < 4.78 is 13.3. The topological polar surface area (TPSA) is 0 Å². The van der Waals surface area contributed by atoms with Crippen molar-refractivity contribution in [2.24, 2.45) is 0 Å². The van der Waals surface area contributed by atoms with E-state index in [0.717, 1.165) is 12.0 Å². The number of rotatable bonds is 3. The van der Waals surface area contributed by atoms with Gasteiger partial charge in [-0.1, -0.05) is 39.7 Å². The van der Waals surface area contributed by atoms with Crippen molar-refractivity contribution in [2.45, 2.75) is 11.2 Å². The summed E-state index contributed by atoms with van der Waals surface area (Å²) >= 11 is 11.1. The molecular weight excluding hydrogens is 311 g/mol. The average molecular weight is 320 g/mol. The lowest BCUT2D eigenvalue weighted by Gasteiger charge is -2.11. The molecule has 0 saturated heterocycles. The van der Waals surface area contributed by atoms with Crippen LogP contribution in [0, 0.1) is 5.82 Å². The first kappa shape index (κ1) is 12.1. The molecule has 1 unspecified atom stereocenters. The van der Waals surface area contributed by atoms with Crippen molar-refractivity contribution in [3.05, 3.63) is 57.0 Å². The van der Waals surface area contributed by atoms with Gasteiger partial charge in [-0.2, -0.15) is 11.3 Å². The Bertz CT molecular complexity index is 470. The molecule has 2 rings (SSSR count). The second-order valence-electron chi connectivity index (χ2n) is 3.45. The smallest absolute Gasteiger partial charge is 0.142 e. The van der Waals surface area contributed by atoms with E-state index in [2.05, 4.69) is 27.4 Å². The molecule has 0 spiro atoms. The van der Waals surface area contributed by atoms with Gasteiger partial charge in [0.25, 0.3) is 0 Å². The van der Waals surface area contributed by atoms with Crippen LogP contribution < -0.4 is 0 Å². The van der Waals surface area contributed by atoms with E-state index in [1.165, 1.54) is 11.6 Å². The molecule has 0 amide bonds. The Morgan fingerprint density at radius 2 is 2.19 bits per heavy atom. The predicted octanol–water partition coefficient (Wildman–Crippen LogP) is 5.22. The van der Waals surface area contributed by atoms with Crippen LogP contribution in [0.5, 0.6) is 0 Å². The second kappa shape index (κ2) is 5.30. The van der Waals surface area contributed by atoms with E-state index >= 15 is 0 Å². The van der Waals surface area contributed by atoms with E-state index in [-0.39, 0.29) is 15.7 Å². The molecular formula is C12H9BrClFS. The van der Waals surface area contributed by atoms with Gasteiger partial charge in [0.2, 0.25) is 0 Å². The van der Waals surface area contributed by atoms with Gasteiger partial charge in [0.1, 0.15) is 5.82 Å². The second-order valence-corrected chi connectivity index (χ2v) is 5.71. The van der Waals surface area contributed by atoms with Crippen LogP contribution in [0.1, 0.15) is 16.0 Å². The number of benzene rings is 1. The highest BCUT2D eigenvalue weighted by Crippen LogP contribution is 2.33. The SMILES string of the molecule is Fc1cccc(C(Br)Cc2ccsc2)c1Cl. The minimum Gasteiger partial charge on any atom is -0.205 e. The Labute approximate surface area is 111 Å². The molecule has 2 aromatic rings. The first-order chi connectivity index (χ1) is 7.68. The fourth-order valence-electron chi connectivity index (χ4n) is 1.49. The van der Waals surface area contributed by atoms with E-state index in [1.54, 1.807) is 17.4 Å². The number of hydrogen-bond donors (Lipinski definition) is 0. The summed E-state index contributed by atoms with van der Waals surface area (Å²) in [5, 5.41) is 4.32. The van der Waals surface area contributed by atoms with E-state index in [1.807, 2.05) is 11.4 Å². The van der Waals surface area contributed by atoms with Crippen LogP contribution in [0.2, 0.25) is 5.02 Å². The van der Waals surface area contributed by atoms with Crippen molar-refractivity contribution in [3.63, 3.8) is 0 Å². The van der Waals surface area contributed by atoms with Crippen molar-refractivity contribution < 1.29 is 4.39 Å². The quantitative estimate of drug-likeness (QED) is 0.680. The molecule has 84 valence electrons. The summed E-state index contributed by atoms with van der Waals surface area (Å²) in [6.45, 7) is 0. The molecule has 0 aliphatic heterocycles. The molecule has 0 bridgehead atoms. The Kier molecular flexibility index (Phi) is 4.00. The third-order valence-corrected chi connectivity index (χ3v) is 4.26. The van der Waals surface area contributed by atoms with E-state index in [4.69, 9.17) is 11.6 Å². The lowest BCUT2D eigenvalue weighted by molar-refractivity contribution is 0.625. The highest BCUT2D eigenvalue weighted by atomic mass is 79.9. The Hall–Kier alpha value is -0.380. The van der Waals surface area contributed by atoms with Gasteiger partial charge in [-0.05, 0) is 40.4 Å². The molecule has 4 heteroatoms. The summed E-state index contributed by atoms with van der Waals surface area (Å²) in [6, 6.07) is 6.96. The van der Waals surface area contributed by atoms with Gasteiger partial charge in [0.05, 0.1) is 5.02 Å². The van der Waals surface area contributed by atoms with Gasteiger partial charge in [-0.25, -0.2) is 4.39 Å². The van der Waals surface area contributed by atoms with Gasteiger partial charge in [0.15, 0.2) is 0 Å². The molecule has 0 N–H and O–H groups in total.